The van der Waals surface area contributed by atoms with E-state index in [0.29, 0.717) is 6.04 Å². The van der Waals surface area contributed by atoms with Gasteiger partial charge in [0.1, 0.15) is 5.82 Å². The molecule has 1 aliphatic carbocycles. The van der Waals surface area contributed by atoms with Crippen molar-refractivity contribution in [3.05, 3.63) is 42.4 Å². The third-order valence-electron chi connectivity index (χ3n) is 6.67. The van der Waals surface area contributed by atoms with Crippen molar-refractivity contribution in [3.8, 4) is 0 Å². The zero-order chi connectivity index (χ0) is 20.9. The molecule has 1 aromatic heterocycles. The number of fused-ring (bicyclic) bond motifs is 2. The van der Waals surface area contributed by atoms with Crippen LogP contribution in [0.3, 0.4) is 0 Å². The fourth-order valence-electron chi connectivity index (χ4n) is 5.01. The van der Waals surface area contributed by atoms with Gasteiger partial charge in [-0.1, -0.05) is 59.2 Å². The van der Waals surface area contributed by atoms with Gasteiger partial charge in [-0.15, -0.1) is 0 Å². The number of hydrogen-bond donors (Lipinski definition) is 2. The molecule has 5 nitrogen and oxygen atoms in total. The Labute approximate surface area is 170 Å². The molecular formula is C23H39N5. The molecule has 5 heteroatoms. The molecule has 1 saturated carbocycles. The fourth-order valence-corrected chi connectivity index (χ4v) is 5.01. The minimum absolute atomic E-state index is 0.219. The fraction of sp³-hybridized carbons (Fsp3) is 0.609. The molecule has 2 heterocycles. The van der Waals surface area contributed by atoms with E-state index in [-0.39, 0.29) is 5.41 Å². The van der Waals surface area contributed by atoms with E-state index in [4.69, 9.17) is 10.8 Å². The maximum Gasteiger partial charge on any atom is 0.147 e. The summed E-state index contributed by atoms with van der Waals surface area (Å²) in [5, 5.41) is 0. The number of imidazole rings is 1. The van der Waals surface area contributed by atoms with Crippen LogP contribution in [-0.2, 0) is 6.54 Å². The number of para-hydroxylation sites is 2. The van der Waals surface area contributed by atoms with Gasteiger partial charge in [-0.25, -0.2) is 9.66 Å². The Bertz CT molecular complexity index is 780. The number of allylic oxidation sites excluding steroid dienone is 1. The van der Waals surface area contributed by atoms with Gasteiger partial charge in [-0.05, 0) is 44.4 Å². The highest BCUT2D eigenvalue weighted by Crippen LogP contribution is 2.55. The maximum atomic E-state index is 6.33. The van der Waals surface area contributed by atoms with E-state index in [1.807, 2.05) is 38.1 Å². The van der Waals surface area contributed by atoms with Crippen LogP contribution in [0.4, 0.5) is 0 Å². The Hall–Kier alpha value is -2.01. The zero-order valence-corrected chi connectivity index (χ0v) is 18.4. The first-order chi connectivity index (χ1) is 13.6. The molecule has 3 unspecified atom stereocenters. The molecule has 4 N–H and O–H groups in total. The van der Waals surface area contributed by atoms with Gasteiger partial charge in [-0.2, -0.15) is 0 Å². The lowest BCUT2D eigenvalue weighted by Crippen LogP contribution is -2.35. The summed E-state index contributed by atoms with van der Waals surface area (Å²) in [6.45, 7) is 14.0. The van der Waals surface area contributed by atoms with Crippen LogP contribution in [0, 0.1) is 11.3 Å². The molecule has 1 aromatic carbocycles. The summed E-state index contributed by atoms with van der Waals surface area (Å²) >= 11 is 0. The van der Waals surface area contributed by atoms with Crippen LogP contribution in [0.1, 0.15) is 65.6 Å². The Balaban J connectivity index is 0.000000660. The molecule has 156 valence electrons. The second-order valence-corrected chi connectivity index (χ2v) is 7.69. The molecule has 3 atom stereocenters. The van der Waals surface area contributed by atoms with Crippen molar-refractivity contribution in [2.45, 2.75) is 72.4 Å². The van der Waals surface area contributed by atoms with Crippen LogP contribution in [0.5, 0.6) is 0 Å². The van der Waals surface area contributed by atoms with Crippen LogP contribution in [0.15, 0.2) is 36.5 Å². The van der Waals surface area contributed by atoms with Crippen molar-refractivity contribution < 1.29 is 0 Å². The summed E-state index contributed by atoms with van der Waals surface area (Å²) in [5.41, 5.74) is 7.97. The SMILES string of the molecule is C=C1N(Cc2nc3ccccc3n2N)C2CCCCC2C1(C)CC.CC.CN. The van der Waals surface area contributed by atoms with E-state index in [1.165, 1.54) is 38.4 Å². The zero-order valence-electron chi connectivity index (χ0n) is 18.4. The van der Waals surface area contributed by atoms with Crippen molar-refractivity contribution in [2.75, 3.05) is 12.9 Å². The predicted octanol–water partition coefficient (Wildman–Crippen LogP) is 4.66. The van der Waals surface area contributed by atoms with E-state index in [2.05, 4.69) is 31.1 Å². The second-order valence-electron chi connectivity index (χ2n) is 7.69. The third-order valence-corrected chi connectivity index (χ3v) is 6.67. The lowest BCUT2D eigenvalue weighted by Gasteiger charge is -2.35. The van der Waals surface area contributed by atoms with Crippen molar-refractivity contribution in [3.63, 3.8) is 0 Å². The minimum Gasteiger partial charge on any atom is -0.364 e. The summed E-state index contributed by atoms with van der Waals surface area (Å²) in [5.74, 6) is 7.98. The average molecular weight is 386 g/mol. The standard InChI is InChI=1S/C20H28N4.C2H6.CH5N/c1-4-20(3)14(2)23(17-11-7-5-9-15(17)20)13-19-22-16-10-6-8-12-18(16)24(19)21;2*1-2/h6,8,10,12,15,17H,2,4-5,7,9,11,13,21H2,1,3H3;1-2H3;2H2,1H3. The van der Waals surface area contributed by atoms with Crippen molar-refractivity contribution in [1.82, 2.24) is 14.6 Å². The lowest BCUT2D eigenvalue weighted by atomic mass is 9.68. The third kappa shape index (κ3) is 3.64. The summed E-state index contributed by atoms with van der Waals surface area (Å²) < 4.78 is 1.75. The van der Waals surface area contributed by atoms with Crippen LogP contribution in [0.25, 0.3) is 11.0 Å². The Morgan fingerprint density at radius 1 is 1.18 bits per heavy atom. The maximum absolute atomic E-state index is 6.33. The first kappa shape index (κ1) is 22.3. The molecule has 1 saturated heterocycles. The van der Waals surface area contributed by atoms with Crippen LogP contribution >= 0.6 is 0 Å². The topological polar surface area (TPSA) is 73.1 Å². The number of benzene rings is 1. The summed E-state index contributed by atoms with van der Waals surface area (Å²) in [6, 6.07) is 8.68. The molecule has 0 spiro atoms. The second kappa shape index (κ2) is 9.46. The predicted molar refractivity (Wildman–Crippen MR) is 120 cm³/mol. The average Bonchev–Trinajstić information content (AvgIpc) is 3.19. The molecule has 1 aliphatic heterocycles. The highest BCUT2D eigenvalue weighted by molar-refractivity contribution is 5.75. The van der Waals surface area contributed by atoms with Gasteiger partial charge in [-0.3, -0.25) is 0 Å². The van der Waals surface area contributed by atoms with Crippen LogP contribution in [-0.4, -0.2) is 27.6 Å². The first-order valence-corrected chi connectivity index (χ1v) is 10.8. The number of nitrogens with zero attached hydrogens (tertiary/aromatic N) is 3. The molecule has 28 heavy (non-hydrogen) atoms. The molecule has 4 rings (SSSR count). The van der Waals surface area contributed by atoms with Crippen molar-refractivity contribution in [1.29, 1.82) is 0 Å². The van der Waals surface area contributed by atoms with E-state index in [9.17, 15) is 0 Å². The summed E-state index contributed by atoms with van der Waals surface area (Å²) in [6.07, 6.45) is 6.42. The number of rotatable bonds is 3. The monoisotopic (exact) mass is 385 g/mol. The van der Waals surface area contributed by atoms with Crippen LogP contribution in [0.2, 0.25) is 0 Å². The van der Waals surface area contributed by atoms with Gasteiger partial charge in [0.05, 0.1) is 17.6 Å². The molecule has 0 radical (unpaired) electrons. The van der Waals surface area contributed by atoms with E-state index in [0.717, 1.165) is 35.7 Å². The summed E-state index contributed by atoms with van der Waals surface area (Å²) in [7, 11) is 1.50. The Morgan fingerprint density at radius 3 is 2.46 bits per heavy atom. The quantitative estimate of drug-likeness (QED) is 0.754. The number of nitrogens with two attached hydrogens (primary N) is 2. The molecule has 0 amide bonds. The van der Waals surface area contributed by atoms with Gasteiger partial charge >= 0.3 is 0 Å². The van der Waals surface area contributed by atoms with E-state index >= 15 is 0 Å². The normalized spacial score (nSPS) is 26.2. The smallest absolute Gasteiger partial charge is 0.147 e. The highest BCUT2D eigenvalue weighted by Gasteiger charge is 2.51. The molecular weight excluding hydrogens is 346 g/mol. The number of nitrogen functional groups attached to an aromatic ring is 1. The minimum atomic E-state index is 0.219. The molecule has 2 aliphatic rings. The van der Waals surface area contributed by atoms with Gasteiger partial charge < -0.3 is 16.5 Å². The number of aromatic nitrogens is 2. The van der Waals surface area contributed by atoms with Gasteiger partial charge in [0, 0.05) is 17.2 Å². The molecule has 0 bridgehead atoms. The van der Waals surface area contributed by atoms with E-state index < -0.39 is 0 Å². The van der Waals surface area contributed by atoms with Gasteiger partial charge in [0.15, 0.2) is 0 Å². The van der Waals surface area contributed by atoms with Crippen molar-refractivity contribution in [2.24, 2.45) is 17.1 Å². The van der Waals surface area contributed by atoms with Gasteiger partial charge in [0.25, 0.3) is 0 Å². The van der Waals surface area contributed by atoms with Crippen molar-refractivity contribution >= 4 is 11.0 Å². The first-order valence-electron chi connectivity index (χ1n) is 10.8. The van der Waals surface area contributed by atoms with Crippen LogP contribution < -0.4 is 11.6 Å². The Kier molecular flexibility index (Phi) is 7.53. The van der Waals surface area contributed by atoms with Gasteiger partial charge in [0.2, 0.25) is 0 Å². The molecule has 2 aromatic rings. The van der Waals surface area contributed by atoms with E-state index in [1.54, 1.807) is 4.68 Å². The highest BCUT2D eigenvalue weighted by atomic mass is 15.4. The number of likely N-dealkylation sites (tertiary alicyclic amines) is 1. The largest absolute Gasteiger partial charge is 0.364 e. The summed E-state index contributed by atoms with van der Waals surface area (Å²) in [4.78, 5) is 7.29. The number of hydrogen-bond acceptors (Lipinski definition) is 4. The molecule has 2 fully saturated rings. The Morgan fingerprint density at radius 2 is 1.82 bits per heavy atom. The lowest BCUT2D eigenvalue weighted by molar-refractivity contribution is 0.155.